The van der Waals surface area contributed by atoms with Gasteiger partial charge in [-0.25, -0.2) is 0 Å². The predicted octanol–water partition coefficient (Wildman–Crippen LogP) is 3.80. The van der Waals surface area contributed by atoms with Gasteiger partial charge in [0.15, 0.2) is 0 Å². The zero-order valence-electron chi connectivity index (χ0n) is 12.5. The van der Waals surface area contributed by atoms with E-state index >= 15 is 0 Å². The number of rotatable bonds is 6. The fourth-order valence-corrected chi connectivity index (χ4v) is 2.83. The van der Waals surface area contributed by atoms with Crippen LogP contribution in [0.5, 0.6) is 0 Å². The van der Waals surface area contributed by atoms with Gasteiger partial charge in [-0.15, -0.1) is 0 Å². The first kappa shape index (κ1) is 16.3. The fraction of sp³-hybridized carbons (Fsp3) is 0.625. The number of halogens is 3. The van der Waals surface area contributed by atoms with E-state index in [2.05, 4.69) is 0 Å². The van der Waals surface area contributed by atoms with Crippen LogP contribution in [0.4, 0.5) is 13.2 Å². The van der Waals surface area contributed by atoms with Crippen LogP contribution in [-0.4, -0.2) is 29.7 Å². The SMILES string of the molecule is CCC(N)C(c1cccc(C)c1)N(CC(F)(F)F)C1CC1. The van der Waals surface area contributed by atoms with Crippen molar-refractivity contribution in [2.45, 2.75) is 57.4 Å². The lowest BCUT2D eigenvalue weighted by Gasteiger charge is -2.36. The van der Waals surface area contributed by atoms with E-state index in [0.29, 0.717) is 6.42 Å². The average molecular weight is 300 g/mol. The lowest BCUT2D eigenvalue weighted by atomic mass is 9.94. The second-order valence-corrected chi connectivity index (χ2v) is 5.95. The van der Waals surface area contributed by atoms with Gasteiger partial charge in [0.2, 0.25) is 0 Å². The number of nitrogens with two attached hydrogens (primary N) is 1. The maximum Gasteiger partial charge on any atom is 0.401 e. The van der Waals surface area contributed by atoms with E-state index in [9.17, 15) is 13.2 Å². The van der Waals surface area contributed by atoms with Crippen LogP contribution < -0.4 is 5.73 Å². The molecule has 1 saturated carbocycles. The van der Waals surface area contributed by atoms with E-state index in [1.807, 2.05) is 38.1 Å². The van der Waals surface area contributed by atoms with Crippen molar-refractivity contribution in [2.24, 2.45) is 5.73 Å². The third-order valence-corrected chi connectivity index (χ3v) is 4.00. The van der Waals surface area contributed by atoms with Gasteiger partial charge >= 0.3 is 6.18 Å². The normalized spacial score (nSPS) is 18.8. The molecular weight excluding hydrogens is 277 g/mol. The number of aryl methyl sites for hydroxylation is 1. The highest BCUT2D eigenvalue weighted by molar-refractivity contribution is 5.27. The first-order valence-corrected chi connectivity index (χ1v) is 7.46. The Morgan fingerprint density at radius 1 is 1.33 bits per heavy atom. The summed E-state index contributed by atoms with van der Waals surface area (Å²) in [6, 6.07) is 7.01. The van der Waals surface area contributed by atoms with Crippen LogP contribution in [-0.2, 0) is 0 Å². The molecule has 0 saturated heterocycles. The predicted molar refractivity (Wildman–Crippen MR) is 78.0 cm³/mol. The first-order chi connectivity index (χ1) is 9.81. The Kier molecular flexibility index (Phi) is 4.94. The summed E-state index contributed by atoms with van der Waals surface area (Å²) in [7, 11) is 0. The summed E-state index contributed by atoms with van der Waals surface area (Å²) in [4.78, 5) is 1.56. The fourth-order valence-electron chi connectivity index (χ4n) is 2.83. The van der Waals surface area contributed by atoms with Gasteiger partial charge in [0.05, 0.1) is 12.6 Å². The summed E-state index contributed by atoms with van der Waals surface area (Å²) >= 11 is 0. The molecule has 2 unspecified atom stereocenters. The van der Waals surface area contributed by atoms with Gasteiger partial charge in [-0.1, -0.05) is 36.8 Å². The summed E-state index contributed by atoms with van der Waals surface area (Å²) in [6.45, 7) is 2.99. The van der Waals surface area contributed by atoms with Gasteiger partial charge < -0.3 is 5.73 Å². The van der Waals surface area contributed by atoms with Crippen LogP contribution in [0.1, 0.15) is 43.4 Å². The molecule has 118 valence electrons. The van der Waals surface area contributed by atoms with Crippen molar-refractivity contribution in [2.75, 3.05) is 6.54 Å². The third-order valence-electron chi connectivity index (χ3n) is 4.00. The van der Waals surface area contributed by atoms with Crippen molar-refractivity contribution in [3.8, 4) is 0 Å². The number of alkyl halides is 3. The van der Waals surface area contributed by atoms with Crippen molar-refractivity contribution >= 4 is 0 Å². The molecule has 0 amide bonds. The minimum absolute atomic E-state index is 0.00902. The number of benzene rings is 1. The van der Waals surface area contributed by atoms with E-state index in [-0.39, 0.29) is 18.1 Å². The van der Waals surface area contributed by atoms with Crippen molar-refractivity contribution < 1.29 is 13.2 Å². The van der Waals surface area contributed by atoms with Gasteiger partial charge in [0, 0.05) is 12.1 Å². The van der Waals surface area contributed by atoms with Crippen LogP contribution in [0, 0.1) is 6.92 Å². The number of hydrogen-bond donors (Lipinski definition) is 1. The average Bonchev–Trinajstić information content (AvgIpc) is 3.20. The van der Waals surface area contributed by atoms with E-state index in [0.717, 1.165) is 24.0 Å². The van der Waals surface area contributed by atoms with Crippen LogP contribution in [0.25, 0.3) is 0 Å². The molecule has 2 atom stereocenters. The molecule has 0 aliphatic heterocycles. The molecule has 0 aromatic heterocycles. The summed E-state index contributed by atoms with van der Waals surface area (Å²) in [5.74, 6) is 0. The highest BCUT2D eigenvalue weighted by Gasteiger charge is 2.43. The van der Waals surface area contributed by atoms with Crippen LogP contribution >= 0.6 is 0 Å². The van der Waals surface area contributed by atoms with Crippen LogP contribution in [0.3, 0.4) is 0 Å². The summed E-state index contributed by atoms with van der Waals surface area (Å²) < 4.78 is 38.8. The molecule has 1 aliphatic carbocycles. The molecule has 2 nitrogen and oxygen atoms in total. The van der Waals surface area contributed by atoms with Crippen molar-refractivity contribution in [1.82, 2.24) is 4.90 Å². The zero-order chi connectivity index (χ0) is 15.6. The Morgan fingerprint density at radius 2 is 2.00 bits per heavy atom. The molecule has 2 N–H and O–H groups in total. The van der Waals surface area contributed by atoms with E-state index in [1.54, 1.807) is 4.90 Å². The number of hydrogen-bond acceptors (Lipinski definition) is 2. The Hall–Kier alpha value is -1.07. The first-order valence-electron chi connectivity index (χ1n) is 7.46. The Labute approximate surface area is 124 Å². The molecule has 5 heteroatoms. The van der Waals surface area contributed by atoms with Crippen LogP contribution in [0.2, 0.25) is 0 Å². The van der Waals surface area contributed by atoms with Crippen LogP contribution in [0.15, 0.2) is 24.3 Å². The van der Waals surface area contributed by atoms with E-state index in [4.69, 9.17) is 5.73 Å². The van der Waals surface area contributed by atoms with Gasteiger partial charge in [0.25, 0.3) is 0 Å². The smallest absolute Gasteiger partial charge is 0.326 e. The topological polar surface area (TPSA) is 29.3 Å². The largest absolute Gasteiger partial charge is 0.401 e. The molecule has 0 heterocycles. The second-order valence-electron chi connectivity index (χ2n) is 5.95. The summed E-state index contributed by atoms with van der Waals surface area (Å²) in [5, 5.41) is 0. The van der Waals surface area contributed by atoms with Crippen molar-refractivity contribution in [1.29, 1.82) is 0 Å². The van der Waals surface area contributed by atoms with E-state index in [1.165, 1.54) is 0 Å². The highest BCUT2D eigenvalue weighted by Crippen LogP contribution is 2.38. The molecular formula is C16H23F3N2. The monoisotopic (exact) mass is 300 g/mol. The van der Waals surface area contributed by atoms with E-state index < -0.39 is 12.7 Å². The molecule has 0 radical (unpaired) electrons. The number of nitrogens with zero attached hydrogens (tertiary/aromatic N) is 1. The molecule has 0 spiro atoms. The zero-order valence-corrected chi connectivity index (χ0v) is 12.5. The minimum Gasteiger partial charge on any atom is -0.326 e. The van der Waals surface area contributed by atoms with Crippen molar-refractivity contribution in [3.63, 3.8) is 0 Å². The molecule has 0 bridgehead atoms. The Balaban J connectivity index is 2.33. The molecule has 1 aliphatic rings. The lowest BCUT2D eigenvalue weighted by Crippen LogP contribution is -2.46. The maximum atomic E-state index is 12.9. The Morgan fingerprint density at radius 3 is 2.48 bits per heavy atom. The van der Waals surface area contributed by atoms with Gasteiger partial charge in [-0.05, 0) is 31.7 Å². The highest BCUT2D eigenvalue weighted by atomic mass is 19.4. The summed E-state index contributed by atoms with van der Waals surface area (Å²) in [6.07, 6.45) is -1.89. The van der Waals surface area contributed by atoms with Crippen molar-refractivity contribution in [3.05, 3.63) is 35.4 Å². The Bertz CT molecular complexity index is 469. The molecule has 21 heavy (non-hydrogen) atoms. The molecule has 1 fully saturated rings. The van der Waals surface area contributed by atoms with Gasteiger partial charge in [0.1, 0.15) is 0 Å². The third kappa shape index (κ3) is 4.45. The van der Waals surface area contributed by atoms with Gasteiger partial charge in [-0.2, -0.15) is 13.2 Å². The lowest BCUT2D eigenvalue weighted by molar-refractivity contribution is -0.153. The van der Waals surface area contributed by atoms with Gasteiger partial charge in [-0.3, -0.25) is 4.90 Å². The molecule has 1 aromatic carbocycles. The maximum absolute atomic E-state index is 12.9. The molecule has 2 rings (SSSR count). The molecule has 1 aromatic rings. The second kappa shape index (κ2) is 6.36. The quantitative estimate of drug-likeness (QED) is 0.866. The summed E-state index contributed by atoms with van der Waals surface area (Å²) in [5.41, 5.74) is 8.11. The standard InChI is InChI=1S/C16H23F3N2/c1-3-14(20)15(12-6-4-5-11(2)9-12)21(13-7-8-13)10-16(17,18)19/h4-6,9,13-15H,3,7-8,10,20H2,1-2H3. The minimum atomic E-state index is -4.20.